The van der Waals surface area contributed by atoms with Crippen LogP contribution in [0.5, 0.6) is 0 Å². The summed E-state index contributed by atoms with van der Waals surface area (Å²) >= 11 is 0.0157. The summed E-state index contributed by atoms with van der Waals surface area (Å²) in [5.74, 6) is 0. The van der Waals surface area contributed by atoms with Crippen molar-refractivity contribution in [3.05, 3.63) is 282 Å². The van der Waals surface area contributed by atoms with Crippen molar-refractivity contribution in [2.75, 3.05) is 13.7 Å². The fraction of sp³-hybridized carbons (Fsp3) is 0.342. The molecule has 8 aromatic rings. The molecule has 0 radical (unpaired) electrons. The van der Waals surface area contributed by atoms with Crippen LogP contribution in [0.15, 0.2) is 243 Å². The molecule has 8 aromatic carbocycles. The van der Waals surface area contributed by atoms with E-state index in [0.29, 0.717) is 59.1 Å². The molecule has 3 aliphatic rings. The van der Waals surface area contributed by atoms with Crippen molar-refractivity contribution in [2.24, 2.45) is 0 Å². The van der Waals surface area contributed by atoms with E-state index in [1.807, 2.05) is 127 Å². The Labute approximate surface area is 507 Å². The Morgan fingerprint density at radius 2 is 0.659 bits per heavy atom. The number of hydrogen-bond donors (Lipinski definition) is 0. The summed E-state index contributed by atoms with van der Waals surface area (Å²) in [5, 5.41) is 0. The van der Waals surface area contributed by atoms with Gasteiger partial charge in [0.05, 0.1) is 0 Å². The predicted molar refractivity (Wildman–Crippen MR) is 329 cm³/mol. The average molecular weight is 1210 g/mol. The SMILES string of the molecule is CO[C@H]1O[C@H](C[C@H]2C[C@@H]([Se]c3ccccc3)[C@H](C[C@H]3O[C@H](COCc4ccccc4)[C@@H](OCc4ccccc4)[C@H](OCc4ccccc4)[C@H]3OCc3ccccc3)O2)[C@@H](OCc2ccccc2)[C@H](OCc2ccccc2)[C@H]1OCc1ccccc1. The summed E-state index contributed by atoms with van der Waals surface area (Å²) < 4.78 is 78.8. The number of benzene rings is 8. The third kappa shape index (κ3) is 17.5. The third-order valence-corrected chi connectivity index (χ3v) is 18.7. The molecule has 13 atom stereocenters. The van der Waals surface area contributed by atoms with Gasteiger partial charge in [-0.2, -0.15) is 0 Å². The summed E-state index contributed by atoms with van der Waals surface area (Å²) in [5.41, 5.74) is 7.33. The van der Waals surface area contributed by atoms with Gasteiger partial charge in [-0.3, -0.25) is 0 Å². The third-order valence-electron chi connectivity index (χ3n) is 15.9. The fourth-order valence-corrected chi connectivity index (χ4v) is 14.4. The molecule has 12 heteroatoms. The maximum absolute atomic E-state index is 7.54. The van der Waals surface area contributed by atoms with Crippen LogP contribution < -0.4 is 4.46 Å². The van der Waals surface area contributed by atoms with Crippen molar-refractivity contribution in [1.29, 1.82) is 0 Å². The van der Waals surface area contributed by atoms with Crippen LogP contribution >= 0.6 is 0 Å². The first-order valence-electron chi connectivity index (χ1n) is 29.8. The van der Waals surface area contributed by atoms with Gasteiger partial charge in [-0.15, -0.1) is 0 Å². The van der Waals surface area contributed by atoms with Gasteiger partial charge in [-0.25, -0.2) is 0 Å². The molecule has 0 aliphatic carbocycles. The van der Waals surface area contributed by atoms with E-state index in [2.05, 4.69) is 115 Å². The molecule has 0 bridgehead atoms. The summed E-state index contributed by atoms with van der Waals surface area (Å²) in [4.78, 5) is 0.152. The smallest absolute Gasteiger partial charge is 0.0622 e. The summed E-state index contributed by atoms with van der Waals surface area (Å²) in [6.45, 7) is 2.74. The molecule has 0 spiro atoms. The molecule has 0 N–H and O–H groups in total. The molecule has 3 saturated heterocycles. The van der Waals surface area contributed by atoms with Gasteiger partial charge < -0.3 is 0 Å². The molecule has 3 heterocycles. The standard InChI is InChI=1S/C73H78O11Se/c1-74-73-72(81-51-59-38-22-8-23-39-59)71(80-50-58-36-20-7-21-37-58)67(76-46-54-28-12-3-13-29-54)63(84-73)42-60-43-66(85-61-40-24-9-25-41-61)62(82-60)44-64-68(77-47-55-30-14-4-15-31-55)70(79-49-57-34-18-6-19-35-57)69(78-48-56-32-16-5-17-33-56)65(83-64)52-75-45-53-26-10-2-11-27-53/h2-41,60,62-73H,42-52H2,1H3/t60-,62-,63+,64+,65+,66+,67+,68-,69+,70+,71-,72+,73-/m0/s1. The molecule has 0 saturated carbocycles. The first kappa shape index (κ1) is 60.5. The van der Waals surface area contributed by atoms with Gasteiger partial charge in [0.1, 0.15) is 0 Å². The molecule has 3 aliphatic heterocycles. The van der Waals surface area contributed by atoms with E-state index in [0.717, 1.165) is 45.4 Å². The maximum atomic E-state index is 7.54. The van der Waals surface area contributed by atoms with E-state index >= 15 is 0 Å². The quantitative estimate of drug-likeness (QED) is 0.0419. The summed E-state index contributed by atoms with van der Waals surface area (Å²) in [6, 6.07) is 82.6. The summed E-state index contributed by atoms with van der Waals surface area (Å²) in [7, 11) is 1.68. The summed E-state index contributed by atoms with van der Waals surface area (Å²) in [6.07, 6.45) is -4.42. The molecule has 11 nitrogen and oxygen atoms in total. The van der Waals surface area contributed by atoms with Gasteiger partial charge in [-0.1, -0.05) is 36.4 Å². The van der Waals surface area contributed by atoms with Crippen LogP contribution in [-0.2, 0) is 98.4 Å². The van der Waals surface area contributed by atoms with E-state index in [9.17, 15) is 0 Å². The zero-order valence-corrected chi connectivity index (χ0v) is 50.0. The Hall–Kier alpha value is -6.16. The number of rotatable bonds is 29. The molecular formula is C73H78O11Se. The van der Waals surface area contributed by atoms with Gasteiger partial charge in [0.25, 0.3) is 0 Å². The molecular weight excluding hydrogens is 1130 g/mol. The monoisotopic (exact) mass is 1210 g/mol. The fourth-order valence-electron chi connectivity index (χ4n) is 11.6. The zero-order valence-electron chi connectivity index (χ0n) is 48.3. The van der Waals surface area contributed by atoms with Crippen LogP contribution in [0, 0.1) is 0 Å². The molecule has 3 fully saturated rings. The molecule has 0 unspecified atom stereocenters. The second-order valence-electron chi connectivity index (χ2n) is 22.0. The minimum atomic E-state index is -0.767. The van der Waals surface area contributed by atoms with Gasteiger partial charge >= 0.3 is 474 Å². The second kappa shape index (κ2) is 32.0. The van der Waals surface area contributed by atoms with Gasteiger partial charge in [0, 0.05) is 0 Å². The minimum absolute atomic E-state index is 0.0157. The van der Waals surface area contributed by atoms with Crippen molar-refractivity contribution in [1.82, 2.24) is 0 Å². The second-order valence-corrected chi connectivity index (χ2v) is 24.8. The van der Waals surface area contributed by atoms with Crippen LogP contribution in [0.3, 0.4) is 0 Å². The molecule has 11 rings (SSSR count). The van der Waals surface area contributed by atoms with Crippen LogP contribution in [0.2, 0.25) is 4.82 Å². The first-order chi connectivity index (χ1) is 42.1. The van der Waals surface area contributed by atoms with Gasteiger partial charge in [-0.05, 0) is 0 Å². The van der Waals surface area contributed by atoms with Crippen LogP contribution in [-0.4, -0.2) is 102 Å². The Morgan fingerprint density at radius 1 is 0.329 bits per heavy atom. The first-order valence-corrected chi connectivity index (χ1v) is 31.7. The Balaban J connectivity index is 0.920. The van der Waals surface area contributed by atoms with Crippen molar-refractivity contribution in [3.63, 3.8) is 0 Å². The average Bonchev–Trinajstić information content (AvgIpc) is 3.92. The molecule has 442 valence electrons. The Kier molecular flexibility index (Phi) is 22.8. The zero-order chi connectivity index (χ0) is 57.7. The van der Waals surface area contributed by atoms with Crippen molar-refractivity contribution < 1.29 is 52.1 Å². The number of hydrogen-bond acceptors (Lipinski definition) is 11. The van der Waals surface area contributed by atoms with E-state index in [4.69, 9.17) is 52.1 Å². The van der Waals surface area contributed by atoms with Crippen LogP contribution in [0.4, 0.5) is 0 Å². The Bertz CT molecular complexity index is 3100. The van der Waals surface area contributed by atoms with Gasteiger partial charge in [0.2, 0.25) is 0 Å². The van der Waals surface area contributed by atoms with Crippen molar-refractivity contribution in [3.8, 4) is 0 Å². The minimum Gasteiger partial charge on any atom is -0.0622 e. The van der Waals surface area contributed by atoms with E-state index in [1.165, 1.54) is 4.46 Å². The van der Waals surface area contributed by atoms with Crippen LogP contribution in [0.1, 0.15) is 58.2 Å². The Morgan fingerprint density at radius 3 is 1.06 bits per heavy atom. The van der Waals surface area contributed by atoms with Crippen molar-refractivity contribution in [2.45, 2.75) is 144 Å². The van der Waals surface area contributed by atoms with Crippen molar-refractivity contribution >= 4 is 19.4 Å². The predicted octanol–water partition coefficient (Wildman–Crippen LogP) is 12.6. The van der Waals surface area contributed by atoms with Gasteiger partial charge in [0.15, 0.2) is 0 Å². The molecule has 0 aromatic heterocycles. The van der Waals surface area contributed by atoms with Crippen LogP contribution in [0.25, 0.3) is 0 Å². The topological polar surface area (TPSA) is 102 Å². The number of methoxy groups -OCH3 is 1. The molecule has 0 amide bonds. The van der Waals surface area contributed by atoms with E-state index < -0.39 is 61.2 Å². The van der Waals surface area contributed by atoms with E-state index in [-0.39, 0.29) is 38.6 Å². The van der Waals surface area contributed by atoms with E-state index in [1.54, 1.807) is 7.11 Å². The normalized spacial score (nSPS) is 25.8. The molecule has 85 heavy (non-hydrogen) atoms. The number of ether oxygens (including phenoxy) is 11.